The molecule has 0 unspecified atom stereocenters. The Morgan fingerprint density at radius 2 is 1.78 bits per heavy atom. The van der Waals surface area contributed by atoms with Crippen molar-refractivity contribution in [1.29, 1.82) is 0 Å². The molecule has 3 aromatic rings. The maximum atomic E-state index is 12.9. The number of aliphatic hydroxyl groups excluding tert-OH is 1. The molecule has 2 heterocycles. The van der Waals surface area contributed by atoms with Crippen molar-refractivity contribution in [3.63, 3.8) is 0 Å². The van der Waals surface area contributed by atoms with E-state index in [1.54, 1.807) is 7.11 Å². The lowest BCUT2D eigenvalue weighted by atomic mass is 9.98. The Hall–Kier alpha value is -3.09. The summed E-state index contributed by atoms with van der Waals surface area (Å²) in [5, 5.41) is 15.7. The normalized spacial score (nSPS) is 19.0. The van der Waals surface area contributed by atoms with Gasteiger partial charge in [0.25, 0.3) is 5.91 Å². The van der Waals surface area contributed by atoms with Crippen LogP contribution < -0.4 is 15.0 Å². The molecule has 2 aliphatic heterocycles. The van der Waals surface area contributed by atoms with Crippen molar-refractivity contribution in [3.05, 3.63) is 71.8 Å². The lowest BCUT2D eigenvalue weighted by Gasteiger charge is -2.34. The number of hydrogen-bond donors (Lipinski definition) is 2. The maximum Gasteiger partial charge on any atom is 0.253 e. The number of anilines is 1. The van der Waals surface area contributed by atoms with Gasteiger partial charge in [-0.1, -0.05) is 30.3 Å². The predicted molar refractivity (Wildman–Crippen MR) is 145 cm³/mol. The van der Waals surface area contributed by atoms with E-state index >= 15 is 0 Å². The Bertz CT molecular complexity index is 1170. The second kappa shape index (κ2) is 11.3. The fourth-order valence-corrected chi connectivity index (χ4v) is 5.67. The number of hydrogen-bond acceptors (Lipinski definition) is 5. The summed E-state index contributed by atoms with van der Waals surface area (Å²) in [4.78, 5) is 17.2. The number of rotatable bonds is 7. The molecule has 1 amide bonds. The van der Waals surface area contributed by atoms with Gasteiger partial charge in [-0.05, 0) is 72.7 Å². The van der Waals surface area contributed by atoms with Crippen molar-refractivity contribution < 1.29 is 14.6 Å². The highest BCUT2D eigenvalue weighted by Crippen LogP contribution is 2.29. The van der Waals surface area contributed by atoms with E-state index in [0.29, 0.717) is 12.6 Å². The monoisotopic (exact) mass is 487 g/mol. The van der Waals surface area contributed by atoms with Gasteiger partial charge in [0.1, 0.15) is 5.75 Å². The number of piperidine rings is 2. The zero-order valence-corrected chi connectivity index (χ0v) is 21.2. The molecule has 6 nitrogen and oxygen atoms in total. The molecule has 2 N–H and O–H groups in total. The number of methoxy groups -OCH3 is 1. The number of nitrogens with one attached hydrogen (secondary N) is 1. The average molecular weight is 488 g/mol. The van der Waals surface area contributed by atoms with E-state index in [2.05, 4.69) is 58.7 Å². The van der Waals surface area contributed by atoms with Crippen molar-refractivity contribution in [2.24, 2.45) is 5.92 Å². The molecule has 0 saturated carbocycles. The van der Waals surface area contributed by atoms with Crippen LogP contribution in [0.15, 0.2) is 60.7 Å². The van der Waals surface area contributed by atoms with Crippen molar-refractivity contribution in [2.75, 3.05) is 44.8 Å². The van der Waals surface area contributed by atoms with E-state index in [0.717, 1.165) is 63.2 Å². The van der Waals surface area contributed by atoms with Crippen LogP contribution in [0.4, 0.5) is 5.69 Å². The van der Waals surface area contributed by atoms with Gasteiger partial charge in [-0.15, -0.1) is 0 Å². The van der Waals surface area contributed by atoms with Gasteiger partial charge in [0, 0.05) is 62.2 Å². The second-order valence-corrected chi connectivity index (χ2v) is 10.1. The summed E-state index contributed by atoms with van der Waals surface area (Å²) >= 11 is 0. The van der Waals surface area contributed by atoms with Crippen molar-refractivity contribution in [2.45, 2.75) is 38.3 Å². The first-order valence-corrected chi connectivity index (χ1v) is 13.2. The molecular formula is C30H37N3O3. The van der Waals surface area contributed by atoms with Gasteiger partial charge in [-0.2, -0.15) is 0 Å². The Labute approximate surface area is 213 Å². The zero-order chi connectivity index (χ0) is 24.9. The highest BCUT2D eigenvalue weighted by Gasteiger charge is 2.25. The number of fused-ring (bicyclic) bond motifs is 1. The molecule has 2 fully saturated rings. The van der Waals surface area contributed by atoms with Crippen LogP contribution in [0.2, 0.25) is 0 Å². The maximum absolute atomic E-state index is 12.9. The van der Waals surface area contributed by atoms with Gasteiger partial charge in [-0.3, -0.25) is 4.79 Å². The Morgan fingerprint density at radius 1 is 1.00 bits per heavy atom. The summed E-state index contributed by atoms with van der Waals surface area (Å²) in [7, 11) is 1.74. The van der Waals surface area contributed by atoms with Gasteiger partial charge in [0.2, 0.25) is 0 Å². The quantitative estimate of drug-likeness (QED) is 0.516. The number of amides is 1. The lowest BCUT2D eigenvalue weighted by Crippen LogP contribution is -2.42. The predicted octanol–water partition coefficient (Wildman–Crippen LogP) is 4.45. The van der Waals surface area contributed by atoms with Crippen LogP contribution in [0.5, 0.6) is 5.75 Å². The van der Waals surface area contributed by atoms with Gasteiger partial charge in [-0.25, -0.2) is 0 Å². The van der Waals surface area contributed by atoms with E-state index in [1.165, 1.54) is 22.0 Å². The van der Waals surface area contributed by atoms with Crippen LogP contribution in [0, 0.1) is 5.92 Å². The summed E-state index contributed by atoms with van der Waals surface area (Å²) < 4.78 is 5.66. The van der Waals surface area contributed by atoms with Crippen molar-refractivity contribution in [1.82, 2.24) is 10.2 Å². The van der Waals surface area contributed by atoms with Gasteiger partial charge in [0.05, 0.1) is 7.11 Å². The molecule has 0 spiro atoms. The third-order valence-corrected chi connectivity index (χ3v) is 7.82. The summed E-state index contributed by atoms with van der Waals surface area (Å²) in [6.07, 6.45) is 4.11. The summed E-state index contributed by atoms with van der Waals surface area (Å²) in [5.74, 6) is 1.22. The average Bonchev–Trinajstić information content (AvgIpc) is 2.95. The standard InChI is InChI=1S/C30H37N3O3/c1-36-29-13-10-23-6-2-3-7-27(23)28(29)19-31-25-14-17-32(18-15-25)26-11-8-24(9-12-26)30(35)33-16-4-5-22(20-33)21-34/h2-3,6-13,22,25,31,34H,4-5,14-21H2,1H3/t22-/m0/s1. The second-order valence-electron chi connectivity index (χ2n) is 10.1. The van der Waals surface area contributed by atoms with Gasteiger partial charge in [0.15, 0.2) is 0 Å². The fourth-order valence-electron chi connectivity index (χ4n) is 5.67. The zero-order valence-electron chi connectivity index (χ0n) is 21.2. The SMILES string of the molecule is COc1ccc2ccccc2c1CNC1CCN(c2ccc(C(=O)N3CCC[C@H](CO)C3)cc2)CC1. The van der Waals surface area contributed by atoms with Crippen molar-refractivity contribution >= 4 is 22.4 Å². The third-order valence-electron chi connectivity index (χ3n) is 7.82. The lowest BCUT2D eigenvalue weighted by molar-refractivity contribution is 0.0620. The first kappa shape index (κ1) is 24.6. The fraction of sp³-hybridized carbons (Fsp3) is 0.433. The third kappa shape index (κ3) is 5.35. The van der Waals surface area contributed by atoms with Crippen LogP contribution in [0.25, 0.3) is 10.8 Å². The van der Waals surface area contributed by atoms with Gasteiger partial charge < -0.3 is 25.0 Å². The molecule has 0 aromatic heterocycles. The first-order valence-electron chi connectivity index (χ1n) is 13.2. The van der Waals surface area contributed by atoms with Crippen LogP contribution in [-0.2, 0) is 6.54 Å². The van der Waals surface area contributed by atoms with E-state index in [-0.39, 0.29) is 18.4 Å². The number of aliphatic hydroxyl groups is 1. The number of nitrogens with zero attached hydrogens (tertiary/aromatic N) is 2. The molecule has 36 heavy (non-hydrogen) atoms. The molecule has 0 radical (unpaired) electrons. The molecule has 0 bridgehead atoms. The Balaban J connectivity index is 1.16. The molecule has 3 aromatic carbocycles. The van der Waals surface area contributed by atoms with Crippen LogP contribution in [0.3, 0.4) is 0 Å². The highest BCUT2D eigenvalue weighted by atomic mass is 16.5. The van der Waals surface area contributed by atoms with Crippen LogP contribution in [-0.4, -0.2) is 61.9 Å². The number of benzene rings is 3. The largest absolute Gasteiger partial charge is 0.496 e. The highest BCUT2D eigenvalue weighted by molar-refractivity contribution is 5.94. The van der Waals surface area contributed by atoms with Crippen LogP contribution in [0.1, 0.15) is 41.6 Å². The van der Waals surface area contributed by atoms with E-state index in [4.69, 9.17) is 4.74 Å². The van der Waals surface area contributed by atoms with E-state index in [9.17, 15) is 9.90 Å². The topological polar surface area (TPSA) is 65.0 Å². The number of likely N-dealkylation sites (tertiary alicyclic amines) is 1. The molecule has 1 atom stereocenters. The van der Waals surface area contributed by atoms with Gasteiger partial charge >= 0.3 is 0 Å². The summed E-state index contributed by atoms with van der Waals surface area (Å²) in [6, 6.07) is 21.2. The Morgan fingerprint density at radius 3 is 2.53 bits per heavy atom. The summed E-state index contributed by atoms with van der Waals surface area (Å²) in [5.41, 5.74) is 3.13. The smallest absolute Gasteiger partial charge is 0.253 e. The minimum absolute atomic E-state index is 0.0754. The molecule has 2 saturated heterocycles. The molecule has 0 aliphatic carbocycles. The molecule has 190 valence electrons. The van der Waals surface area contributed by atoms with E-state index < -0.39 is 0 Å². The van der Waals surface area contributed by atoms with Crippen LogP contribution >= 0.6 is 0 Å². The molecule has 2 aliphatic rings. The molecule has 6 heteroatoms. The first-order chi connectivity index (χ1) is 17.7. The number of carbonyl (C=O) groups is 1. The summed E-state index contributed by atoms with van der Waals surface area (Å²) in [6.45, 7) is 4.36. The number of carbonyl (C=O) groups excluding carboxylic acids is 1. The van der Waals surface area contributed by atoms with E-state index in [1.807, 2.05) is 17.0 Å². The number of ether oxygens (including phenoxy) is 1. The van der Waals surface area contributed by atoms with Crippen molar-refractivity contribution in [3.8, 4) is 5.75 Å². The Kier molecular flexibility index (Phi) is 7.73. The molecular weight excluding hydrogens is 450 g/mol. The minimum Gasteiger partial charge on any atom is -0.496 e. The minimum atomic E-state index is 0.0754. The molecule has 5 rings (SSSR count).